The molecule has 0 saturated carbocycles. The van der Waals surface area contributed by atoms with Gasteiger partial charge in [0.25, 0.3) is 0 Å². The van der Waals surface area contributed by atoms with Crippen molar-refractivity contribution >= 4 is 28.5 Å². The Morgan fingerprint density at radius 2 is 1.78 bits per heavy atom. The highest BCUT2D eigenvalue weighted by Crippen LogP contribution is 2.26. The molecule has 2 aromatic carbocycles. The highest BCUT2D eigenvalue weighted by Gasteiger charge is 2.21. The summed E-state index contributed by atoms with van der Waals surface area (Å²) in [6.07, 6.45) is 0.139. The van der Waals surface area contributed by atoms with Crippen LogP contribution in [0.1, 0.15) is 23.5 Å². The lowest BCUT2D eigenvalue weighted by Crippen LogP contribution is -2.15. The van der Waals surface area contributed by atoms with Crippen LogP contribution in [0, 0.1) is 10.1 Å². The molecule has 0 saturated heterocycles. The summed E-state index contributed by atoms with van der Waals surface area (Å²) in [7, 11) is 0. The molecular weight excluding hydrogens is 334 g/mol. The van der Waals surface area contributed by atoms with Gasteiger partial charge in [0.1, 0.15) is 0 Å². The zero-order chi connectivity index (χ0) is 16.7. The van der Waals surface area contributed by atoms with E-state index in [0.717, 1.165) is 11.1 Å². The smallest absolute Gasteiger partial charge is 0.211 e. The highest BCUT2D eigenvalue weighted by molar-refractivity contribution is 8.12. The second-order valence-corrected chi connectivity index (χ2v) is 6.58. The average molecular weight is 350 g/mol. The van der Waals surface area contributed by atoms with Crippen molar-refractivity contribution in [2.24, 2.45) is 0 Å². The number of benzene rings is 2. The van der Waals surface area contributed by atoms with E-state index in [1.165, 1.54) is 11.8 Å². The van der Waals surface area contributed by atoms with Gasteiger partial charge in [0.05, 0.1) is 5.92 Å². The van der Waals surface area contributed by atoms with Crippen molar-refractivity contribution in [2.75, 3.05) is 6.54 Å². The molecule has 0 aromatic heterocycles. The molecule has 0 unspecified atom stereocenters. The molecule has 0 N–H and O–H groups in total. The van der Waals surface area contributed by atoms with Crippen LogP contribution in [0.25, 0.3) is 0 Å². The molecule has 4 nitrogen and oxygen atoms in total. The summed E-state index contributed by atoms with van der Waals surface area (Å²) in [6.45, 7) is -0.265. The third kappa shape index (κ3) is 6.04. The van der Waals surface area contributed by atoms with E-state index >= 15 is 0 Å². The van der Waals surface area contributed by atoms with Crippen molar-refractivity contribution in [3.05, 3.63) is 80.9 Å². The van der Waals surface area contributed by atoms with Crippen LogP contribution in [0.2, 0.25) is 5.02 Å². The van der Waals surface area contributed by atoms with E-state index in [1.807, 2.05) is 30.3 Å². The van der Waals surface area contributed by atoms with E-state index in [-0.39, 0.29) is 23.0 Å². The van der Waals surface area contributed by atoms with Gasteiger partial charge in [-0.2, -0.15) is 0 Å². The Bertz CT molecular complexity index is 661. The third-order valence-electron chi connectivity index (χ3n) is 3.37. The molecule has 0 bridgehead atoms. The number of rotatable bonds is 7. The maximum absolute atomic E-state index is 12.2. The van der Waals surface area contributed by atoms with Crippen molar-refractivity contribution in [2.45, 2.75) is 18.1 Å². The minimum Gasteiger partial charge on any atom is -0.287 e. The van der Waals surface area contributed by atoms with E-state index in [2.05, 4.69) is 0 Å². The van der Waals surface area contributed by atoms with Crippen molar-refractivity contribution in [3.63, 3.8) is 0 Å². The minimum absolute atomic E-state index is 0.0457. The molecule has 120 valence electrons. The molecule has 0 aliphatic rings. The van der Waals surface area contributed by atoms with Crippen LogP contribution in [0.4, 0.5) is 0 Å². The number of hydrogen-bond donors (Lipinski definition) is 0. The fourth-order valence-electron chi connectivity index (χ4n) is 2.20. The van der Waals surface area contributed by atoms with E-state index in [9.17, 15) is 14.9 Å². The maximum Gasteiger partial charge on any atom is 0.211 e. The molecule has 2 aromatic rings. The molecule has 23 heavy (non-hydrogen) atoms. The van der Waals surface area contributed by atoms with Gasteiger partial charge >= 0.3 is 0 Å². The lowest BCUT2D eigenvalue weighted by molar-refractivity contribution is -0.483. The van der Waals surface area contributed by atoms with Crippen LogP contribution < -0.4 is 0 Å². The van der Waals surface area contributed by atoms with Gasteiger partial charge in [0.15, 0.2) is 5.12 Å². The molecule has 0 radical (unpaired) electrons. The predicted octanol–water partition coefficient (Wildman–Crippen LogP) is 4.55. The van der Waals surface area contributed by atoms with E-state index in [4.69, 9.17) is 11.6 Å². The second-order valence-electron chi connectivity index (χ2n) is 5.11. The van der Waals surface area contributed by atoms with Crippen molar-refractivity contribution in [1.29, 1.82) is 0 Å². The molecule has 6 heteroatoms. The minimum atomic E-state index is -0.432. The predicted molar refractivity (Wildman–Crippen MR) is 93.4 cm³/mol. The second kappa shape index (κ2) is 8.70. The molecule has 0 spiro atoms. The molecule has 0 amide bonds. The van der Waals surface area contributed by atoms with Gasteiger partial charge in [-0.25, -0.2) is 0 Å². The zero-order valence-electron chi connectivity index (χ0n) is 12.4. The summed E-state index contributed by atoms with van der Waals surface area (Å²) < 4.78 is 0. The molecule has 0 aliphatic heterocycles. The van der Waals surface area contributed by atoms with Crippen molar-refractivity contribution < 1.29 is 9.72 Å². The van der Waals surface area contributed by atoms with E-state index in [1.54, 1.807) is 24.3 Å². The normalized spacial score (nSPS) is 11.9. The first-order chi connectivity index (χ1) is 11.0. The van der Waals surface area contributed by atoms with Crippen LogP contribution in [0.3, 0.4) is 0 Å². The molecule has 0 heterocycles. The molecular formula is C17H16ClNO3S. The van der Waals surface area contributed by atoms with Crippen LogP contribution in [-0.4, -0.2) is 16.6 Å². The van der Waals surface area contributed by atoms with Gasteiger partial charge in [-0.15, -0.1) is 0 Å². The average Bonchev–Trinajstić information content (AvgIpc) is 2.53. The van der Waals surface area contributed by atoms with Crippen molar-refractivity contribution in [3.8, 4) is 0 Å². The summed E-state index contributed by atoms with van der Waals surface area (Å²) in [6, 6.07) is 16.5. The largest absolute Gasteiger partial charge is 0.287 e. The highest BCUT2D eigenvalue weighted by atomic mass is 35.5. The van der Waals surface area contributed by atoms with Gasteiger partial charge < -0.3 is 0 Å². The first-order valence-corrected chi connectivity index (χ1v) is 8.48. The number of carbonyl (C=O) groups is 1. The number of nitro groups is 1. The summed E-state index contributed by atoms with van der Waals surface area (Å²) in [5.74, 6) is 0.143. The maximum atomic E-state index is 12.2. The Kier molecular flexibility index (Phi) is 6.62. The molecule has 1 atom stereocenters. The molecule has 2 rings (SSSR count). The van der Waals surface area contributed by atoms with Crippen LogP contribution >= 0.6 is 23.4 Å². The molecule has 0 fully saturated rings. The Balaban J connectivity index is 1.98. The Morgan fingerprint density at radius 3 is 2.39 bits per heavy atom. The Labute approximate surface area is 144 Å². The van der Waals surface area contributed by atoms with Crippen LogP contribution in [0.15, 0.2) is 54.6 Å². The van der Waals surface area contributed by atoms with Gasteiger partial charge in [0.2, 0.25) is 6.54 Å². The third-order valence-corrected chi connectivity index (χ3v) is 4.58. The summed E-state index contributed by atoms with van der Waals surface area (Å²) >= 11 is 7.04. The summed E-state index contributed by atoms with van der Waals surface area (Å²) in [4.78, 5) is 22.7. The van der Waals surface area contributed by atoms with E-state index < -0.39 is 5.92 Å². The van der Waals surface area contributed by atoms with E-state index in [0.29, 0.717) is 10.8 Å². The topological polar surface area (TPSA) is 60.2 Å². The Hall–Kier alpha value is -1.85. The summed E-state index contributed by atoms with van der Waals surface area (Å²) in [5, 5.41) is 11.4. The first kappa shape index (κ1) is 17.5. The lowest BCUT2D eigenvalue weighted by atomic mass is 9.96. The first-order valence-electron chi connectivity index (χ1n) is 7.11. The van der Waals surface area contributed by atoms with Crippen molar-refractivity contribution in [1.82, 2.24) is 0 Å². The Morgan fingerprint density at radius 1 is 1.13 bits per heavy atom. The standard InChI is InChI=1S/C17H16ClNO3S/c18-16-8-6-14(7-9-16)15(11-19(21)22)10-17(20)23-12-13-4-2-1-3-5-13/h1-9,15H,10-12H2/t15-/m1/s1. The number of nitrogens with zero attached hydrogens (tertiary/aromatic N) is 1. The van der Waals surface area contributed by atoms with Gasteiger partial charge in [-0.05, 0) is 23.3 Å². The zero-order valence-corrected chi connectivity index (χ0v) is 13.9. The number of carbonyl (C=O) groups excluding carboxylic acids is 1. The number of halogens is 1. The summed E-state index contributed by atoms with van der Waals surface area (Å²) in [5.41, 5.74) is 1.82. The van der Waals surface area contributed by atoms with Gasteiger partial charge in [-0.3, -0.25) is 14.9 Å². The fraction of sp³-hybridized carbons (Fsp3) is 0.235. The monoisotopic (exact) mass is 349 g/mol. The molecule has 0 aliphatic carbocycles. The fourth-order valence-corrected chi connectivity index (χ4v) is 3.17. The van der Waals surface area contributed by atoms with Gasteiger partial charge in [0, 0.05) is 22.1 Å². The van der Waals surface area contributed by atoms with Crippen LogP contribution in [-0.2, 0) is 10.5 Å². The van der Waals surface area contributed by atoms with Gasteiger partial charge in [-0.1, -0.05) is 65.8 Å². The SMILES string of the molecule is O=C(C[C@H](C[N+](=O)[O-])c1ccc(Cl)cc1)SCc1ccccc1. The quantitative estimate of drug-likeness (QED) is 0.543. The number of thioether (sulfide) groups is 1. The lowest BCUT2D eigenvalue weighted by Gasteiger charge is -2.12. The number of hydrogen-bond acceptors (Lipinski definition) is 4. The van der Waals surface area contributed by atoms with Crippen LogP contribution in [0.5, 0.6) is 0 Å².